The van der Waals surface area contributed by atoms with E-state index in [0.717, 1.165) is 0 Å². The molecule has 0 aliphatic carbocycles. The summed E-state index contributed by atoms with van der Waals surface area (Å²) in [6, 6.07) is 4.64. The van der Waals surface area contributed by atoms with Gasteiger partial charge in [0.2, 0.25) is 5.91 Å². The Morgan fingerprint density at radius 2 is 1.64 bits per heavy atom. The summed E-state index contributed by atoms with van der Waals surface area (Å²) >= 11 is 0. The van der Waals surface area contributed by atoms with Gasteiger partial charge in [-0.3, -0.25) is 4.79 Å². The summed E-state index contributed by atoms with van der Waals surface area (Å²) in [4.78, 5) is 24.1. The van der Waals surface area contributed by atoms with Crippen LogP contribution < -0.4 is 15.4 Å². The summed E-state index contributed by atoms with van der Waals surface area (Å²) in [6.45, 7) is 9.14. The topological polar surface area (TPSA) is 76.7 Å². The number of amides is 2. The highest BCUT2D eigenvalue weighted by atomic mass is 19.1. The third-order valence-electron chi connectivity index (χ3n) is 3.27. The molecule has 7 heteroatoms. The van der Waals surface area contributed by atoms with Gasteiger partial charge in [0, 0.05) is 0 Å². The maximum absolute atomic E-state index is 12.8. The first kappa shape index (κ1) is 20.7. The lowest BCUT2D eigenvalue weighted by Crippen LogP contribution is -2.52. The van der Waals surface area contributed by atoms with Gasteiger partial charge in [0.05, 0.1) is 12.1 Å². The van der Waals surface area contributed by atoms with E-state index in [9.17, 15) is 14.0 Å². The van der Waals surface area contributed by atoms with Gasteiger partial charge >= 0.3 is 6.09 Å². The summed E-state index contributed by atoms with van der Waals surface area (Å²) in [7, 11) is 0. The molecule has 0 bridgehead atoms. The van der Waals surface area contributed by atoms with Crippen LogP contribution in [0.5, 0.6) is 5.75 Å². The van der Waals surface area contributed by atoms with Gasteiger partial charge in [0.15, 0.2) is 0 Å². The molecular formula is C18H27FN2O4. The Kier molecular flexibility index (Phi) is 8.18. The molecule has 2 atom stereocenters. The Balaban J connectivity index is 2.51. The summed E-state index contributed by atoms with van der Waals surface area (Å²) in [5.74, 6) is -0.245. The Bertz CT molecular complexity index is 561. The van der Waals surface area contributed by atoms with Gasteiger partial charge in [0.1, 0.15) is 24.2 Å². The molecule has 0 heterocycles. The Morgan fingerprint density at radius 1 is 1.04 bits per heavy atom. The minimum Gasteiger partial charge on any atom is -0.491 e. The summed E-state index contributed by atoms with van der Waals surface area (Å²) < 4.78 is 23.4. The zero-order valence-corrected chi connectivity index (χ0v) is 15.3. The molecule has 0 aliphatic rings. The molecule has 0 aromatic heterocycles. The second-order valence-electron chi connectivity index (χ2n) is 6.49. The molecule has 2 amide bonds. The predicted molar refractivity (Wildman–Crippen MR) is 92.9 cm³/mol. The predicted octanol–water partition coefficient (Wildman–Crippen LogP) is 2.87. The minimum atomic E-state index is -0.709. The van der Waals surface area contributed by atoms with E-state index in [4.69, 9.17) is 9.47 Å². The fraction of sp³-hybridized carbons (Fsp3) is 0.556. The van der Waals surface area contributed by atoms with Crippen molar-refractivity contribution in [3.05, 3.63) is 30.1 Å². The molecule has 25 heavy (non-hydrogen) atoms. The van der Waals surface area contributed by atoms with Crippen LogP contribution in [0.4, 0.5) is 9.18 Å². The number of benzene rings is 1. The van der Waals surface area contributed by atoms with Crippen LogP contribution >= 0.6 is 0 Å². The first-order valence-electron chi connectivity index (χ1n) is 8.35. The van der Waals surface area contributed by atoms with Crippen molar-refractivity contribution in [1.82, 2.24) is 10.6 Å². The first-order chi connectivity index (χ1) is 11.7. The molecule has 0 spiro atoms. The van der Waals surface area contributed by atoms with Crippen LogP contribution in [0.1, 0.15) is 34.6 Å². The van der Waals surface area contributed by atoms with E-state index in [2.05, 4.69) is 10.6 Å². The van der Waals surface area contributed by atoms with Crippen LogP contribution in [0, 0.1) is 11.7 Å². The van der Waals surface area contributed by atoms with E-state index < -0.39 is 12.1 Å². The fourth-order valence-corrected chi connectivity index (χ4v) is 2.04. The molecule has 0 saturated carbocycles. The molecule has 2 N–H and O–H groups in total. The number of nitrogens with one attached hydrogen (secondary N) is 2. The number of hydrogen-bond acceptors (Lipinski definition) is 4. The lowest BCUT2D eigenvalue weighted by atomic mass is 10.0. The molecule has 0 fully saturated rings. The number of carbonyl (C=O) groups is 2. The first-order valence-corrected chi connectivity index (χ1v) is 8.35. The Morgan fingerprint density at radius 3 is 2.16 bits per heavy atom. The van der Waals surface area contributed by atoms with Gasteiger partial charge in [-0.2, -0.15) is 0 Å². The summed E-state index contributed by atoms with van der Waals surface area (Å²) in [6.07, 6.45) is -0.891. The van der Waals surface area contributed by atoms with Gasteiger partial charge in [-0.15, -0.1) is 0 Å². The van der Waals surface area contributed by atoms with Crippen molar-refractivity contribution in [1.29, 1.82) is 0 Å². The highest BCUT2D eigenvalue weighted by Gasteiger charge is 2.26. The van der Waals surface area contributed by atoms with Crippen LogP contribution in [-0.4, -0.2) is 36.8 Å². The molecule has 1 aromatic rings. The molecule has 0 saturated heterocycles. The average Bonchev–Trinajstić information content (AvgIpc) is 2.51. The largest absolute Gasteiger partial charge is 0.491 e. The fourth-order valence-electron chi connectivity index (χ4n) is 2.04. The monoisotopic (exact) mass is 354 g/mol. The molecule has 2 unspecified atom stereocenters. The van der Waals surface area contributed by atoms with Crippen LogP contribution in [0.25, 0.3) is 0 Å². The van der Waals surface area contributed by atoms with Crippen molar-refractivity contribution in [2.75, 3.05) is 6.61 Å². The zero-order chi connectivity index (χ0) is 19.0. The number of ether oxygens (including phenoxy) is 2. The molecule has 1 rings (SSSR count). The van der Waals surface area contributed by atoms with E-state index >= 15 is 0 Å². The highest BCUT2D eigenvalue weighted by molar-refractivity contribution is 5.86. The van der Waals surface area contributed by atoms with Crippen LogP contribution in [0.3, 0.4) is 0 Å². The summed E-state index contributed by atoms with van der Waals surface area (Å²) in [5.41, 5.74) is 0. The van der Waals surface area contributed by atoms with E-state index in [1.165, 1.54) is 24.3 Å². The minimum absolute atomic E-state index is 0.107. The van der Waals surface area contributed by atoms with Crippen molar-refractivity contribution < 1.29 is 23.5 Å². The van der Waals surface area contributed by atoms with Crippen molar-refractivity contribution in [2.24, 2.45) is 5.92 Å². The molecule has 0 radical (unpaired) electrons. The van der Waals surface area contributed by atoms with E-state index in [1.807, 2.05) is 13.8 Å². The summed E-state index contributed by atoms with van der Waals surface area (Å²) in [5, 5.41) is 5.37. The van der Waals surface area contributed by atoms with Crippen LogP contribution in [0.15, 0.2) is 24.3 Å². The normalized spacial score (nSPS) is 13.3. The van der Waals surface area contributed by atoms with Crippen molar-refractivity contribution >= 4 is 12.0 Å². The second kappa shape index (κ2) is 9.86. The van der Waals surface area contributed by atoms with Crippen LogP contribution in [0.2, 0.25) is 0 Å². The molecule has 140 valence electrons. The maximum Gasteiger partial charge on any atom is 0.408 e. The number of halogens is 1. The third kappa shape index (κ3) is 7.87. The van der Waals surface area contributed by atoms with E-state index in [-0.39, 0.29) is 36.4 Å². The molecular weight excluding hydrogens is 327 g/mol. The lowest BCUT2D eigenvalue weighted by molar-refractivity contribution is -0.124. The van der Waals surface area contributed by atoms with Gasteiger partial charge in [-0.25, -0.2) is 9.18 Å². The van der Waals surface area contributed by atoms with Gasteiger partial charge in [0.25, 0.3) is 0 Å². The smallest absolute Gasteiger partial charge is 0.408 e. The molecule has 0 aliphatic heterocycles. The van der Waals surface area contributed by atoms with Crippen LogP contribution in [-0.2, 0) is 9.53 Å². The molecule has 1 aromatic carbocycles. The van der Waals surface area contributed by atoms with Crippen molar-refractivity contribution in [3.63, 3.8) is 0 Å². The SMILES string of the molecule is CC(COc1ccc(F)cc1)NC(=O)C(NC(=O)OC(C)C)C(C)C. The van der Waals surface area contributed by atoms with E-state index in [0.29, 0.717) is 5.75 Å². The lowest BCUT2D eigenvalue weighted by Gasteiger charge is -2.24. The quantitative estimate of drug-likeness (QED) is 0.753. The van der Waals surface area contributed by atoms with Gasteiger partial charge < -0.3 is 20.1 Å². The van der Waals surface area contributed by atoms with Crippen molar-refractivity contribution in [3.8, 4) is 5.75 Å². The number of hydrogen-bond donors (Lipinski definition) is 2. The Labute approximate surface area is 148 Å². The highest BCUT2D eigenvalue weighted by Crippen LogP contribution is 2.11. The third-order valence-corrected chi connectivity index (χ3v) is 3.27. The van der Waals surface area contributed by atoms with Crippen molar-refractivity contribution in [2.45, 2.75) is 52.8 Å². The zero-order valence-electron chi connectivity index (χ0n) is 15.3. The number of rotatable bonds is 8. The second-order valence-corrected chi connectivity index (χ2v) is 6.49. The van der Waals surface area contributed by atoms with E-state index in [1.54, 1.807) is 20.8 Å². The van der Waals surface area contributed by atoms with Gasteiger partial charge in [-0.1, -0.05) is 13.8 Å². The maximum atomic E-state index is 12.8. The number of carbonyl (C=O) groups excluding carboxylic acids is 2. The van der Waals surface area contributed by atoms with Gasteiger partial charge in [-0.05, 0) is 51.0 Å². The molecule has 6 nitrogen and oxygen atoms in total. The standard InChI is InChI=1S/C18H27FN2O4/c1-11(2)16(21-18(23)25-12(3)4)17(22)20-13(5)10-24-15-8-6-14(19)7-9-15/h6-9,11-13,16H,10H2,1-5H3,(H,20,22)(H,21,23). The number of alkyl carbamates (subject to hydrolysis) is 1. The average molecular weight is 354 g/mol. The Hall–Kier alpha value is -2.31.